The fourth-order valence-corrected chi connectivity index (χ4v) is 1.53. The molecule has 0 radical (unpaired) electrons. The van der Waals surface area contributed by atoms with E-state index in [0.717, 1.165) is 24.3 Å². The van der Waals surface area contributed by atoms with Crippen LogP contribution in [-0.4, -0.2) is 0 Å². The summed E-state index contributed by atoms with van der Waals surface area (Å²) < 4.78 is 62.7. The van der Waals surface area contributed by atoms with Crippen LogP contribution in [0.2, 0.25) is 0 Å². The van der Waals surface area contributed by atoms with Crippen LogP contribution in [0.1, 0.15) is 5.56 Å². The van der Waals surface area contributed by atoms with Gasteiger partial charge in [-0.25, -0.2) is 8.78 Å². The Labute approximate surface area is 99.7 Å². The molecule has 0 saturated heterocycles. The van der Waals surface area contributed by atoms with Crippen LogP contribution < -0.4 is 0 Å². The first-order valence-corrected chi connectivity index (χ1v) is 5.00. The van der Waals surface area contributed by atoms with Crippen molar-refractivity contribution >= 4 is 0 Å². The van der Waals surface area contributed by atoms with E-state index in [2.05, 4.69) is 0 Å². The predicted molar refractivity (Wildman–Crippen MR) is 56.8 cm³/mol. The zero-order valence-electron chi connectivity index (χ0n) is 8.93. The van der Waals surface area contributed by atoms with Crippen LogP contribution in [0.25, 0.3) is 11.1 Å². The molecule has 94 valence electrons. The Hall–Kier alpha value is -1.91. The van der Waals surface area contributed by atoms with Gasteiger partial charge in [0.15, 0.2) is 11.6 Å². The van der Waals surface area contributed by atoms with Gasteiger partial charge in [-0.15, -0.1) is 0 Å². The maximum atomic E-state index is 13.0. The Bertz CT molecular complexity index is 555. The van der Waals surface area contributed by atoms with Crippen LogP contribution in [0.3, 0.4) is 0 Å². The van der Waals surface area contributed by atoms with Crippen molar-refractivity contribution in [3.63, 3.8) is 0 Å². The van der Waals surface area contributed by atoms with E-state index in [4.69, 9.17) is 0 Å². The molecule has 2 aromatic carbocycles. The molecule has 0 saturated carbocycles. The summed E-state index contributed by atoms with van der Waals surface area (Å²) >= 11 is 0. The first-order valence-electron chi connectivity index (χ1n) is 5.00. The van der Waals surface area contributed by atoms with E-state index in [0.29, 0.717) is 11.1 Å². The maximum absolute atomic E-state index is 13.0. The Morgan fingerprint density at radius 1 is 0.667 bits per heavy atom. The lowest BCUT2D eigenvalue weighted by Gasteiger charge is -2.08. The Balaban J connectivity index is 2.37. The zero-order valence-corrected chi connectivity index (χ0v) is 8.93. The quantitative estimate of drug-likeness (QED) is 0.653. The maximum Gasteiger partial charge on any atom is 0.416 e. The smallest absolute Gasteiger partial charge is 0.204 e. The largest absolute Gasteiger partial charge is 0.416 e. The summed E-state index contributed by atoms with van der Waals surface area (Å²) in [5.74, 6) is -2.03. The van der Waals surface area contributed by atoms with Gasteiger partial charge in [-0.2, -0.15) is 13.2 Å². The molecule has 0 aliphatic carbocycles. The van der Waals surface area contributed by atoms with Crippen LogP contribution in [0.15, 0.2) is 42.5 Å². The van der Waals surface area contributed by atoms with Crippen LogP contribution in [-0.2, 0) is 6.18 Å². The van der Waals surface area contributed by atoms with E-state index in [1.54, 1.807) is 0 Å². The van der Waals surface area contributed by atoms with Crippen molar-refractivity contribution in [1.29, 1.82) is 0 Å². The van der Waals surface area contributed by atoms with Crippen molar-refractivity contribution < 1.29 is 22.0 Å². The number of benzene rings is 2. The highest BCUT2D eigenvalue weighted by molar-refractivity contribution is 5.63. The van der Waals surface area contributed by atoms with Crippen molar-refractivity contribution in [2.45, 2.75) is 6.18 Å². The fraction of sp³-hybridized carbons (Fsp3) is 0.0769. The van der Waals surface area contributed by atoms with Crippen LogP contribution in [0.5, 0.6) is 0 Å². The second-order valence-corrected chi connectivity index (χ2v) is 3.70. The summed E-state index contributed by atoms with van der Waals surface area (Å²) in [5.41, 5.74) is -0.0710. The molecule has 0 amide bonds. The van der Waals surface area contributed by atoms with Crippen molar-refractivity contribution in [2.75, 3.05) is 0 Å². The lowest BCUT2D eigenvalue weighted by Crippen LogP contribution is -2.04. The second kappa shape index (κ2) is 4.40. The standard InChI is InChI=1S/C13H7F5/c14-11-6-3-9(7-12(11)15)8-1-4-10(5-2-8)13(16,17)18/h1-7H. The van der Waals surface area contributed by atoms with Gasteiger partial charge < -0.3 is 0 Å². The highest BCUT2D eigenvalue weighted by Gasteiger charge is 2.29. The number of hydrogen-bond acceptors (Lipinski definition) is 0. The monoisotopic (exact) mass is 258 g/mol. The summed E-state index contributed by atoms with van der Waals surface area (Å²) in [5, 5.41) is 0. The van der Waals surface area contributed by atoms with Gasteiger partial charge >= 0.3 is 6.18 Å². The molecule has 0 fully saturated rings. The Morgan fingerprint density at radius 3 is 1.72 bits per heavy atom. The first-order chi connectivity index (χ1) is 8.38. The first kappa shape index (κ1) is 12.5. The number of hydrogen-bond donors (Lipinski definition) is 0. The third kappa shape index (κ3) is 2.50. The molecular formula is C13H7F5. The average Bonchev–Trinajstić information content (AvgIpc) is 2.32. The molecule has 0 bridgehead atoms. The van der Waals surface area contributed by atoms with Crippen LogP contribution >= 0.6 is 0 Å². The molecule has 0 N–H and O–H groups in total. The van der Waals surface area contributed by atoms with Gasteiger partial charge in [0.25, 0.3) is 0 Å². The second-order valence-electron chi connectivity index (χ2n) is 3.70. The topological polar surface area (TPSA) is 0 Å². The number of halogens is 5. The van der Waals surface area contributed by atoms with Crippen molar-refractivity contribution in [2.24, 2.45) is 0 Å². The molecule has 0 aliphatic rings. The summed E-state index contributed by atoms with van der Waals surface area (Å²) in [6.45, 7) is 0. The van der Waals surface area contributed by atoms with E-state index in [1.807, 2.05) is 0 Å². The van der Waals surface area contributed by atoms with Crippen molar-refractivity contribution in [1.82, 2.24) is 0 Å². The third-order valence-electron chi connectivity index (χ3n) is 2.47. The molecule has 18 heavy (non-hydrogen) atoms. The zero-order chi connectivity index (χ0) is 13.3. The summed E-state index contributed by atoms with van der Waals surface area (Å²) in [6.07, 6.45) is -4.41. The number of rotatable bonds is 1. The number of alkyl halides is 3. The van der Waals surface area contributed by atoms with Crippen LogP contribution in [0.4, 0.5) is 22.0 Å². The normalized spacial score (nSPS) is 11.6. The van der Waals surface area contributed by atoms with Gasteiger partial charge in [0, 0.05) is 0 Å². The minimum Gasteiger partial charge on any atom is -0.204 e. The molecule has 0 unspecified atom stereocenters. The molecule has 0 heterocycles. The van der Waals surface area contributed by atoms with Crippen molar-refractivity contribution in [3.8, 4) is 11.1 Å². The van der Waals surface area contributed by atoms with E-state index >= 15 is 0 Å². The van der Waals surface area contributed by atoms with Gasteiger partial charge in [0.2, 0.25) is 0 Å². The summed E-state index contributed by atoms with van der Waals surface area (Å²) in [6, 6.07) is 7.42. The van der Waals surface area contributed by atoms with Gasteiger partial charge in [0.1, 0.15) is 0 Å². The highest BCUT2D eigenvalue weighted by Crippen LogP contribution is 2.31. The molecule has 5 heteroatoms. The molecule has 0 atom stereocenters. The lowest BCUT2D eigenvalue weighted by atomic mass is 10.0. The summed E-state index contributed by atoms with van der Waals surface area (Å²) in [4.78, 5) is 0. The SMILES string of the molecule is Fc1ccc(-c2ccc(C(F)(F)F)cc2)cc1F. The van der Waals surface area contributed by atoms with Crippen molar-refractivity contribution in [3.05, 3.63) is 59.7 Å². The molecule has 0 nitrogen and oxygen atoms in total. The molecule has 2 aromatic rings. The molecular weight excluding hydrogens is 251 g/mol. The van der Waals surface area contributed by atoms with Gasteiger partial charge in [0.05, 0.1) is 5.56 Å². The Kier molecular flexibility index (Phi) is 3.07. The van der Waals surface area contributed by atoms with E-state index in [-0.39, 0.29) is 0 Å². The molecule has 0 aromatic heterocycles. The fourth-order valence-electron chi connectivity index (χ4n) is 1.53. The van der Waals surface area contributed by atoms with Gasteiger partial charge in [-0.1, -0.05) is 18.2 Å². The molecule has 0 aliphatic heterocycles. The Morgan fingerprint density at radius 2 is 1.22 bits per heavy atom. The third-order valence-corrected chi connectivity index (χ3v) is 2.47. The molecule has 0 spiro atoms. The van der Waals surface area contributed by atoms with E-state index < -0.39 is 23.4 Å². The molecule has 2 rings (SSSR count). The van der Waals surface area contributed by atoms with Crippen LogP contribution in [0, 0.1) is 11.6 Å². The van der Waals surface area contributed by atoms with Gasteiger partial charge in [-0.05, 0) is 35.4 Å². The highest BCUT2D eigenvalue weighted by atomic mass is 19.4. The van der Waals surface area contributed by atoms with E-state index in [1.165, 1.54) is 18.2 Å². The summed E-state index contributed by atoms with van der Waals surface area (Å²) in [7, 11) is 0. The predicted octanol–water partition coefficient (Wildman–Crippen LogP) is 4.65. The average molecular weight is 258 g/mol. The minimum absolute atomic E-state index is 0.322. The lowest BCUT2D eigenvalue weighted by molar-refractivity contribution is -0.137. The van der Waals surface area contributed by atoms with Gasteiger partial charge in [-0.3, -0.25) is 0 Å². The van der Waals surface area contributed by atoms with E-state index in [9.17, 15) is 22.0 Å². The minimum atomic E-state index is -4.41.